The predicted molar refractivity (Wildman–Crippen MR) is 94.9 cm³/mol. The van der Waals surface area contributed by atoms with E-state index in [2.05, 4.69) is 36.0 Å². The van der Waals surface area contributed by atoms with Gasteiger partial charge in [-0.2, -0.15) is 0 Å². The van der Waals surface area contributed by atoms with Gasteiger partial charge in [-0.1, -0.05) is 31.5 Å². The minimum atomic E-state index is -0.794. The molecule has 2 fully saturated rings. The highest BCUT2D eigenvalue weighted by Crippen LogP contribution is 2.52. The van der Waals surface area contributed by atoms with Crippen molar-refractivity contribution in [3.8, 4) is 0 Å². The third kappa shape index (κ3) is 2.04. The number of hydrogen-bond acceptors (Lipinski definition) is 4. The second-order valence-electron chi connectivity index (χ2n) is 7.93. The van der Waals surface area contributed by atoms with Gasteiger partial charge in [-0.25, -0.2) is 0 Å². The number of aliphatic hydroxyl groups excluding tert-OH is 2. The van der Waals surface area contributed by atoms with E-state index < -0.39 is 12.4 Å². The van der Waals surface area contributed by atoms with Crippen molar-refractivity contribution >= 4 is 10.9 Å². The summed E-state index contributed by atoms with van der Waals surface area (Å²) < 4.78 is 7.91. The van der Waals surface area contributed by atoms with Crippen LogP contribution in [0.25, 0.3) is 10.9 Å². The third-order valence-electron chi connectivity index (χ3n) is 6.91. The summed E-state index contributed by atoms with van der Waals surface area (Å²) in [6, 6.07) is 8.35. The highest BCUT2D eigenvalue weighted by Gasteiger charge is 2.53. The molecule has 0 aliphatic carbocycles. The maximum atomic E-state index is 11.3. The van der Waals surface area contributed by atoms with Crippen LogP contribution >= 0.6 is 0 Å². The van der Waals surface area contributed by atoms with Crippen LogP contribution in [0.4, 0.5) is 0 Å². The molecule has 7 atom stereocenters. The lowest BCUT2D eigenvalue weighted by atomic mass is 9.64. The molecule has 0 unspecified atom stereocenters. The zero-order valence-corrected chi connectivity index (χ0v) is 14.7. The lowest BCUT2D eigenvalue weighted by Gasteiger charge is -2.53. The predicted octanol–water partition coefficient (Wildman–Crippen LogP) is 2.24. The zero-order valence-electron chi connectivity index (χ0n) is 14.7. The Morgan fingerprint density at radius 2 is 2.08 bits per heavy atom. The molecule has 0 spiro atoms. The van der Waals surface area contributed by atoms with Gasteiger partial charge >= 0.3 is 0 Å². The molecule has 3 aliphatic heterocycles. The van der Waals surface area contributed by atoms with Crippen molar-refractivity contribution in [2.45, 2.75) is 44.2 Å². The Morgan fingerprint density at radius 3 is 2.88 bits per heavy atom. The van der Waals surface area contributed by atoms with E-state index in [0.717, 1.165) is 29.3 Å². The normalized spacial score (nSPS) is 39.9. The number of hydrogen-bond donors (Lipinski definition) is 3. The Balaban J connectivity index is 1.68. The maximum Gasteiger partial charge on any atom is 0.159 e. The van der Waals surface area contributed by atoms with Gasteiger partial charge in [-0.3, -0.25) is 0 Å². The standard InChI is InChI=1S/C20H26N2O3/c1-3-10-9-25-20(24)15-12(10)8-13-18-16(19(23)17(15)21-13)11-6-4-5-7-14(11)22(18)2/h4-7,10,12-13,15,17,19-21,23-24H,3,8-9H2,1-2H3/t10-,12+,13+,15+,17-,19+,20-/m1/s1. The van der Waals surface area contributed by atoms with Crippen LogP contribution in [0, 0.1) is 17.8 Å². The first-order valence-electron chi connectivity index (χ1n) is 9.42. The first-order chi connectivity index (χ1) is 12.1. The largest absolute Gasteiger partial charge is 0.387 e. The highest BCUT2D eigenvalue weighted by molar-refractivity contribution is 5.86. The van der Waals surface area contributed by atoms with Crippen LogP contribution in [-0.4, -0.2) is 33.7 Å². The summed E-state index contributed by atoms with van der Waals surface area (Å²) in [5, 5.41) is 26.5. The average Bonchev–Trinajstić information content (AvgIpc) is 2.93. The van der Waals surface area contributed by atoms with Crippen molar-refractivity contribution < 1.29 is 14.9 Å². The first-order valence-corrected chi connectivity index (χ1v) is 9.42. The number of nitrogens with one attached hydrogen (secondary N) is 1. The molecule has 2 aromatic rings. The highest BCUT2D eigenvalue weighted by atomic mass is 16.6. The SMILES string of the molecule is CC[C@@H]1CO[C@@H](O)[C@H]2[C@H]1C[C@@H]1N[C@H]2[C@@H](O)c2c1n(C)c1ccccc21. The number of aryl methyl sites for hydroxylation is 1. The molecule has 3 aliphatic rings. The van der Waals surface area contributed by atoms with Crippen molar-refractivity contribution in [1.82, 2.24) is 9.88 Å². The van der Waals surface area contributed by atoms with E-state index in [1.165, 1.54) is 5.69 Å². The summed E-state index contributed by atoms with van der Waals surface area (Å²) in [6.45, 7) is 2.82. The average molecular weight is 342 g/mol. The summed E-state index contributed by atoms with van der Waals surface area (Å²) in [7, 11) is 2.10. The maximum absolute atomic E-state index is 11.3. The Kier molecular flexibility index (Phi) is 3.51. The van der Waals surface area contributed by atoms with E-state index in [1.54, 1.807) is 0 Å². The van der Waals surface area contributed by atoms with E-state index in [4.69, 9.17) is 4.74 Å². The molecule has 5 rings (SSSR count). The van der Waals surface area contributed by atoms with Gasteiger partial charge in [-0.15, -0.1) is 0 Å². The summed E-state index contributed by atoms with van der Waals surface area (Å²) in [6.07, 6.45) is 0.617. The van der Waals surface area contributed by atoms with Crippen molar-refractivity contribution in [2.24, 2.45) is 24.8 Å². The van der Waals surface area contributed by atoms with Gasteiger partial charge in [0.05, 0.1) is 12.7 Å². The molecule has 2 saturated heterocycles. The Morgan fingerprint density at radius 1 is 1.28 bits per heavy atom. The summed E-state index contributed by atoms with van der Waals surface area (Å²) in [5.74, 6) is 0.770. The lowest BCUT2D eigenvalue weighted by molar-refractivity contribution is -0.225. The number of nitrogens with zero attached hydrogens (tertiary/aromatic N) is 1. The molecule has 134 valence electrons. The molecule has 25 heavy (non-hydrogen) atoms. The molecule has 5 nitrogen and oxygen atoms in total. The third-order valence-corrected chi connectivity index (χ3v) is 6.91. The van der Waals surface area contributed by atoms with Crippen LogP contribution in [0.3, 0.4) is 0 Å². The van der Waals surface area contributed by atoms with Gasteiger partial charge in [0.2, 0.25) is 0 Å². The first kappa shape index (κ1) is 15.8. The Bertz CT molecular complexity index is 817. The zero-order chi connectivity index (χ0) is 17.3. The fourth-order valence-corrected chi connectivity index (χ4v) is 5.73. The van der Waals surface area contributed by atoms with E-state index in [0.29, 0.717) is 18.4 Å². The fraction of sp³-hybridized carbons (Fsp3) is 0.600. The lowest BCUT2D eigenvalue weighted by Crippen LogP contribution is -2.61. The molecule has 2 bridgehead atoms. The van der Waals surface area contributed by atoms with Gasteiger partial charge in [0.1, 0.15) is 0 Å². The van der Waals surface area contributed by atoms with Gasteiger partial charge in [0.15, 0.2) is 6.29 Å². The number of piperidine rings is 1. The van der Waals surface area contributed by atoms with E-state index in [-0.39, 0.29) is 18.0 Å². The van der Waals surface area contributed by atoms with Crippen LogP contribution in [-0.2, 0) is 11.8 Å². The van der Waals surface area contributed by atoms with Crippen LogP contribution in [0.5, 0.6) is 0 Å². The Labute approximate surface area is 147 Å². The number of ether oxygens (including phenoxy) is 1. The molecular formula is C20H26N2O3. The number of fused-ring (bicyclic) bond motifs is 8. The number of benzene rings is 1. The molecule has 1 aromatic heterocycles. The number of para-hydroxylation sites is 1. The molecule has 5 heteroatoms. The molecule has 3 N–H and O–H groups in total. The smallest absolute Gasteiger partial charge is 0.159 e. The van der Waals surface area contributed by atoms with Crippen molar-refractivity contribution in [3.05, 3.63) is 35.5 Å². The van der Waals surface area contributed by atoms with Crippen molar-refractivity contribution in [1.29, 1.82) is 0 Å². The van der Waals surface area contributed by atoms with Gasteiger partial charge in [-0.05, 0) is 24.3 Å². The quantitative estimate of drug-likeness (QED) is 0.744. The number of aliphatic hydroxyl groups is 2. The van der Waals surface area contributed by atoms with Gasteiger partial charge in [0, 0.05) is 47.2 Å². The van der Waals surface area contributed by atoms with Crippen LogP contribution in [0.15, 0.2) is 24.3 Å². The van der Waals surface area contributed by atoms with E-state index >= 15 is 0 Å². The van der Waals surface area contributed by atoms with E-state index in [9.17, 15) is 10.2 Å². The van der Waals surface area contributed by atoms with Gasteiger partial charge < -0.3 is 24.8 Å². The second kappa shape index (κ2) is 5.55. The topological polar surface area (TPSA) is 66.7 Å². The van der Waals surface area contributed by atoms with Crippen molar-refractivity contribution in [2.75, 3.05) is 6.61 Å². The minimum Gasteiger partial charge on any atom is -0.387 e. The summed E-state index contributed by atoms with van der Waals surface area (Å²) in [4.78, 5) is 0. The monoisotopic (exact) mass is 342 g/mol. The molecular weight excluding hydrogens is 316 g/mol. The number of rotatable bonds is 1. The van der Waals surface area contributed by atoms with Gasteiger partial charge in [0.25, 0.3) is 0 Å². The molecule has 0 radical (unpaired) electrons. The van der Waals surface area contributed by atoms with Crippen LogP contribution < -0.4 is 5.32 Å². The molecule has 0 saturated carbocycles. The van der Waals surface area contributed by atoms with Crippen LogP contribution in [0.2, 0.25) is 0 Å². The number of aromatic nitrogens is 1. The minimum absolute atomic E-state index is 0.0583. The molecule has 1 aromatic carbocycles. The Hall–Kier alpha value is -1.40. The van der Waals surface area contributed by atoms with Crippen molar-refractivity contribution in [3.63, 3.8) is 0 Å². The van der Waals surface area contributed by atoms with E-state index in [1.807, 2.05) is 12.1 Å². The molecule has 0 amide bonds. The second-order valence-corrected chi connectivity index (χ2v) is 7.93. The summed E-state index contributed by atoms with van der Waals surface area (Å²) >= 11 is 0. The molecule has 4 heterocycles. The summed E-state index contributed by atoms with van der Waals surface area (Å²) in [5.41, 5.74) is 3.41. The van der Waals surface area contributed by atoms with Crippen LogP contribution in [0.1, 0.15) is 43.2 Å². The fourth-order valence-electron chi connectivity index (χ4n) is 5.73.